The molecule has 1 atom stereocenters. The summed E-state index contributed by atoms with van der Waals surface area (Å²) in [7, 11) is 0. The van der Waals surface area contributed by atoms with Crippen LogP contribution in [0, 0.1) is 0 Å². The van der Waals surface area contributed by atoms with Gasteiger partial charge in [-0.3, -0.25) is 0 Å². The number of benzene rings is 1. The molecule has 0 radical (unpaired) electrons. The Morgan fingerprint density at radius 3 is 2.45 bits per heavy atom. The fourth-order valence-electron chi connectivity index (χ4n) is 2.62. The predicted octanol–water partition coefficient (Wildman–Crippen LogP) is 5.89. The van der Waals surface area contributed by atoms with Gasteiger partial charge in [0.15, 0.2) is 0 Å². The zero-order chi connectivity index (χ0) is 14.6. The number of rotatable bonds is 11. The van der Waals surface area contributed by atoms with E-state index in [0.717, 1.165) is 13.1 Å². The second kappa shape index (κ2) is 11.3. The van der Waals surface area contributed by atoms with Gasteiger partial charge in [0.1, 0.15) is 0 Å². The molecule has 2 heteroatoms. The molecule has 0 amide bonds. The lowest BCUT2D eigenvalue weighted by atomic mass is 9.92. The van der Waals surface area contributed by atoms with E-state index in [4.69, 9.17) is 0 Å². The largest absolute Gasteiger partial charge is 0.316 e. The lowest BCUT2D eigenvalue weighted by Crippen LogP contribution is -2.22. The van der Waals surface area contributed by atoms with Gasteiger partial charge in [0.2, 0.25) is 0 Å². The molecule has 114 valence electrons. The van der Waals surface area contributed by atoms with Gasteiger partial charge in [0.05, 0.1) is 0 Å². The highest BCUT2D eigenvalue weighted by Gasteiger charge is 2.13. The number of halogens is 1. The minimum atomic E-state index is 0.638. The fraction of sp³-hybridized carbons (Fsp3) is 0.667. The van der Waals surface area contributed by atoms with E-state index in [-0.39, 0.29) is 0 Å². The molecule has 0 bridgehead atoms. The molecule has 1 unspecified atom stereocenters. The Hall–Kier alpha value is -0.340. The van der Waals surface area contributed by atoms with Crippen LogP contribution in [0.4, 0.5) is 0 Å². The number of hydrogen-bond donors (Lipinski definition) is 1. The Labute approximate surface area is 133 Å². The van der Waals surface area contributed by atoms with Crippen LogP contribution in [0.1, 0.15) is 70.3 Å². The van der Waals surface area contributed by atoms with Crippen LogP contribution in [0.15, 0.2) is 28.7 Å². The summed E-state index contributed by atoms with van der Waals surface area (Å²) in [5.74, 6) is 0.638. The second-order valence-corrected chi connectivity index (χ2v) is 6.48. The van der Waals surface area contributed by atoms with E-state index in [1.165, 1.54) is 55.0 Å². The van der Waals surface area contributed by atoms with Crippen molar-refractivity contribution in [2.45, 2.75) is 64.7 Å². The number of unbranched alkanes of at least 4 members (excludes halogenated alkanes) is 4. The van der Waals surface area contributed by atoms with Crippen molar-refractivity contribution in [1.82, 2.24) is 5.32 Å². The minimum Gasteiger partial charge on any atom is -0.316 e. The maximum atomic E-state index is 3.71. The maximum absolute atomic E-state index is 3.71. The van der Waals surface area contributed by atoms with Gasteiger partial charge >= 0.3 is 0 Å². The molecule has 0 fully saturated rings. The van der Waals surface area contributed by atoms with Crippen molar-refractivity contribution >= 4 is 15.9 Å². The molecule has 0 aromatic heterocycles. The van der Waals surface area contributed by atoms with Gasteiger partial charge in [-0.15, -0.1) is 0 Å². The summed E-state index contributed by atoms with van der Waals surface area (Å²) in [6.07, 6.45) is 9.33. The van der Waals surface area contributed by atoms with Gasteiger partial charge < -0.3 is 5.32 Å². The average Bonchev–Trinajstić information content (AvgIpc) is 2.46. The topological polar surface area (TPSA) is 12.0 Å². The Morgan fingerprint density at radius 2 is 1.75 bits per heavy atom. The van der Waals surface area contributed by atoms with E-state index in [1.54, 1.807) is 0 Å². The third-order valence-corrected chi connectivity index (χ3v) is 4.54. The molecule has 1 nitrogen and oxygen atoms in total. The van der Waals surface area contributed by atoms with Crippen LogP contribution in [-0.2, 0) is 0 Å². The van der Waals surface area contributed by atoms with Crippen molar-refractivity contribution in [1.29, 1.82) is 0 Å². The summed E-state index contributed by atoms with van der Waals surface area (Å²) in [5, 5.41) is 3.59. The number of nitrogens with one attached hydrogen (secondary N) is 1. The smallest absolute Gasteiger partial charge is 0.0210 e. The molecule has 0 aliphatic heterocycles. The van der Waals surface area contributed by atoms with Crippen LogP contribution in [0.25, 0.3) is 0 Å². The number of hydrogen-bond acceptors (Lipinski definition) is 1. The molecular formula is C18H30BrN. The first-order chi connectivity index (χ1) is 9.79. The Balaban J connectivity index is 2.49. The average molecular weight is 340 g/mol. The molecule has 0 spiro atoms. The van der Waals surface area contributed by atoms with E-state index in [0.29, 0.717) is 5.92 Å². The van der Waals surface area contributed by atoms with Crippen molar-refractivity contribution in [3.63, 3.8) is 0 Å². The quantitative estimate of drug-likeness (QED) is 0.495. The molecule has 1 N–H and O–H groups in total. The molecule has 20 heavy (non-hydrogen) atoms. The highest BCUT2D eigenvalue weighted by molar-refractivity contribution is 9.10. The van der Waals surface area contributed by atoms with E-state index in [2.05, 4.69) is 59.4 Å². The van der Waals surface area contributed by atoms with Crippen molar-refractivity contribution in [2.24, 2.45) is 0 Å². The van der Waals surface area contributed by atoms with Crippen LogP contribution in [0.2, 0.25) is 0 Å². The fourth-order valence-corrected chi connectivity index (χ4v) is 3.23. The SMILES string of the molecule is CCCCCCCC(CNCCC)c1ccccc1Br. The first-order valence-electron chi connectivity index (χ1n) is 8.24. The molecule has 0 aliphatic carbocycles. The van der Waals surface area contributed by atoms with Gasteiger partial charge in [0, 0.05) is 11.0 Å². The molecule has 0 saturated carbocycles. The van der Waals surface area contributed by atoms with Gasteiger partial charge in [-0.2, -0.15) is 0 Å². The Kier molecular flexibility index (Phi) is 10.0. The summed E-state index contributed by atoms with van der Waals surface area (Å²) in [4.78, 5) is 0. The van der Waals surface area contributed by atoms with E-state index >= 15 is 0 Å². The highest BCUT2D eigenvalue weighted by atomic mass is 79.9. The summed E-state index contributed by atoms with van der Waals surface area (Å²) in [6, 6.07) is 8.70. The van der Waals surface area contributed by atoms with E-state index in [9.17, 15) is 0 Å². The predicted molar refractivity (Wildman–Crippen MR) is 93.4 cm³/mol. The van der Waals surface area contributed by atoms with Gasteiger partial charge in [-0.1, -0.05) is 80.1 Å². The zero-order valence-electron chi connectivity index (χ0n) is 13.1. The maximum Gasteiger partial charge on any atom is 0.0210 e. The lowest BCUT2D eigenvalue weighted by Gasteiger charge is -2.19. The van der Waals surface area contributed by atoms with Crippen molar-refractivity contribution in [2.75, 3.05) is 13.1 Å². The van der Waals surface area contributed by atoms with Crippen LogP contribution in [-0.4, -0.2) is 13.1 Å². The van der Waals surface area contributed by atoms with Crippen LogP contribution >= 0.6 is 15.9 Å². The summed E-state index contributed by atoms with van der Waals surface area (Å²) in [5.41, 5.74) is 1.46. The summed E-state index contributed by atoms with van der Waals surface area (Å²) in [6.45, 7) is 6.73. The van der Waals surface area contributed by atoms with Crippen LogP contribution in [0.5, 0.6) is 0 Å². The first kappa shape index (κ1) is 17.7. The second-order valence-electron chi connectivity index (χ2n) is 5.63. The normalized spacial score (nSPS) is 12.6. The minimum absolute atomic E-state index is 0.638. The third kappa shape index (κ3) is 6.90. The van der Waals surface area contributed by atoms with Gasteiger partial charge in [0.25, 0.3) is 0 Å². The Morgan fingerprint density at radius 1 is 1.00 bits per heavy atom. The summed E-state index contributed by atoms with van der Waals surface area (Å²) < 4.78 is 1.26. The molecular weight excluding hydrogens is 310 g/mol. The third-order valence-electron chi connectivity index (χ3n) is 3.82. The van der Waals surface area contributed by atoms with Gasteiger partial charge in [-0.25, -0.2) is 0 Å². The molecule has 0 aliphatic rings. The monoisotopic (exact) mass is 339 g/mol. The van der Waals surface area contributed by atoms with Crippen LogP contribution in [0.3, 0.4) is 0 Å². The van der Waals surface area contributed by atoms with Crippen molar-refractivity contribution in [3.05, 3.63) is 34.3 Å². The summed E-state index contributed by atoms with van der Waals surface area (Å²) >= 11 is 3.71. The molecule has 1 aromatic rings. The molecule has 0 saturated heterocycles. The molecule has 0 heterocycles. The van der Waals surface area contributed by atoms with Crippen molar-refractivity contribution in [3.8, 4) is 0 Å². The van der Waals surface area contributed by atoms with Crippen LogP contribution < -0.4 is 5.32 Å². The first-order valence-corrected chi connectivity index (χ1v) is 9.04. The highest BCUT2D eigenvalue weighted by Crippen LogP contribution is 2.28. The Bertz CT molecular complexity index is 351. The zero-order valence-corrected chi connectivity index (χ0v) is 14.7. The van der Waals surface area contributed by atoms with Crippen molar-refractivity contribution < 1.29 is 0 Å². The molecule has 1 aromatic carbocycles. The standard InChI is InChI=1S/C18H30BrN/c1-3-5-6-7-8-11-16(15-20-14-4-2)17-12-9-10-13-18(17)19/h9-10,12-13,16,20H,3-8,11,14-15H2,1-2H3. The lowest BCUT2D eigenvalue weighted by molar-refractivity contribution is 0.508. The van der Waals surface area contributed by atoms with E-state index < -0.39 is 0 Å². The molecule has 1 rings (SSSR count). The van der Waals surface area contributed by atoms with E-state index in [1.807, 2.05) is 0 Å². The van der Waals surface area contributed by atoms with Gasteiger partial charge in [-0.05, 0) is 36.9 Å².